The topological polar surface area (TPSA) is 57.2 Å². The molecule has 0 heterocycles. The second kappa shape index (κ2) is 10.3. The van der Waals surface area contributed by atoms with Crippen molar-refractivity contribution < 1.29 is 24.1 Å². The van der Waals surface area contributed by atoms with Gasteiger partial charge in [-0.2, -0.15) is 0 Å². The molecule has 0 aliphatic heterocycles. The van der Waals surface area contributed by atoms with Crippen LogP contribution in [0.15, 0.2) is 115 Å². The minimum Gasteiger partial charge on any atom is -0.497 e. The van der Waals surface area contributed by atoms with Crippen molar-refractivity contribution in [1.29, 1.82) is 0 Å². The summed E-state index contributed by atoms with van der Waals surface area (Å²) in [6, 6.07) is 38.0. The maximum Gasteiger partial charge on any atom is 0.141 e. The van der Waals surface area contributed by atoms with Crippen molar-refractivity contribution in [2.24, 2.45) is 0 Å². The van der Waals surface area contributed by atoms with Gasteiger partial charge in [-0.15, -0.1) is 0 Å². The van der Waals surface area contributed by atoms with Crippen LogP contribution in [-0.4, -0.2) is 33.5 Å². The van der Waals surface area contributed by atoms with E-state index in [-0.39, 0.29) is 0 Å². The largest absolute Gasteiger partial charge is 0.497 e. The fraction of sp³-hybridized carbons (Fsp3) is 0.167. The summed E-state index contributed by atoms with van der Waals surface area (Å²) in [7, 11) is 6.63. The summed E-state index contributed by atoms with van der Waals surface area (Å²) >= 11 is 0. The average molecular weight is 545 g/mol. The first-order chi connectivity index (χ1) is 20.0. The van der Waals surface area contributed by atoms with Crippen LogP contribution in [0.3, 0.4) is 0 Å². The second-order valence-corrected chi connectivity index (χ2v) is 10.1. The molecule has 5 aromatic carbocycles. The number of ether oxygens (including phenoxy) is 4. The van der Waals surface area contributed by atoms with Crippen LogP contribution in [0.4, 0.5) is 0 Å². The van der Waals surface area contributed by atoms with Crippen LogP contribution in [0.5, 0.6) is 23.0 Å². The minimum absolute atomic E-state index is 0.701. The van der Waals surface area contributed by atoms with Crippen molar-refractivity contribution in [3.63, 3.8) is 0 Å². The van der Waals surface area contributed by atoms with Crippen LogP contribution in [0.1, 0.15) is 38.9 Å². The van der Waals surface area contributed by atoms with Gasteiger partial charge in [0.25, 0.3) is 0 Å². The fourth-order valence-corrected chi connectivity index (χ4v) is 6.31. The molecule has 0 aromatic heterocycles. The van der Waals surface area contributed by atoms with Crippen molar-refractivity contribution in [3.8, 4) is 23.0 Å². The highest BCUT2D eigenvalue weighted by Crippen LogP contribution is 2.57. The highest BCUT2D eigenvalue weighted by atomic mass is 16.5. The van der Waals surface area contributed by atoms with Gasteiger partial charge in [-0.25, -0.2) is 0 Å². The lowest BCUT2D eigenvalue weighted by molar-refractivity contribution is 0.118. The average Bonchev–Trinajstić information content (AvgIpc) is 3.05. The molecule has 0 spiro atoms. The maximum absolute atomic E-state index is 12.9. The summed E-state index contributed by atoms with van der Waals surface area (Å²) in [6.45, 7) is 0. The lowest BCUT2D eigenvalue weighted by Crippen LogP contribution is -2.44. The van der Waals surface area contributed by atoms with E-state index in [0.717, 1.165) is 56.2 Å². The standard InChI is InChI=1S/C36H32O5/c1-38-27-15-9-24(10-16-27)35(25-11-17-28(39-2)18-12-25)31-7-5-6-8-32(31)36(37,26-13-19-29(40-3)20-14-26)33-22-21-30(41-4)23-34(33)35/h5-23,37H,1-4H3. The van der Waals surface area contributed by atoms with Gasteiger partial charge >= 0.3 is 0 Å². The van der Waals surface area contributed by atoms with E-state index in [9.17, 15) is 5.11 Å². The number of hydrogen-bond donors (Lipinski definition) is 1. The van der Waals surface area contributed by atoms with Gasteiger partial charge in [-0.3, -0.25) is 0 Å². The molecular weight excluding hydrogens is 512 g/mol. The Morgan fingerprint density at radius 2 is 0.805 bits per heavy atom. The lowest BCUT2D eigenvalue weighted by Gasteiger charge is -2.48. The van der Waals surface area contributed by atoms with Crippen LogP contribution in [0, 0.1) is 0 Å². The molecule has 5 heteroatoms. The number of fused-ring (bicyclic) bond motifs is 2. The Hall–Kier alpha value is -4.74. The summed E-state index contributed by atoms with van der Waals surface area (Å²) in [5.74, 6) is 2.96. The molecule has 0 fully saturated rings. The first-order valence-electron chi connectivity index (χ1n) is 13.5. The Labute approximate surface area is 240 Å². The molecule has 1 unspecified atom stereocenters. The molecule has 0 saturated heterocycles. The quantitative estimate of drug-likeness (QED) is 0.247. The Balaban J connectivity index is 1.77. The first-order valence-corrected chi connectivity index (χ1v) is 13.5. The molecule has 1 aliphatic rings. The van der Waals surface area contributed by atoms with Crippen molar-refractivity contribution in [2.45, 2.75) is 11.0 Å². The van der Waals surface area contributed by atoms with Gasteiger partial charge < -0.3 is 24.1 Å². The molecule has 0 amide bonds. The number of methoxy groups -OCH3 is 4. The van der Waals surface area contributed by atoms with Crippen molar-refractivity contribution in [1.82, 2.24) is 0 Å². The molecular formula is C36H32O5. The normalized spacial score (nSPS) is 16.7. The Morgan fingerprint density at radius 1 is 0.415 bits per heavy atom. The molecule has 5 nitrogen and oxygen atoms in total. The summed E-state index contributed by atoms with van der Waals surface area (Å²) in [5.41, 5.74) is 4.03. The molecule has 0 radical (unpaired) electrons. The van der Waals surface area contributed by atoms with Gasteiger partial charge in [0.05, 0.1) is 33.9 Å². The summed E-state index contributed by atoms with van der Waals surface area (Å²) in [4.78, 5) is 0. The number of aliphatic hydroxyl groups is 1. The van der Waals surface area contributed by atoms with E-state index in [1.54, 1.807) is 28.4 Å². The van der Waals surface area contributed by atoms with Gasteiger partial charge in [0.15, 0.2) is 0 Å². The smallest absolute Gasteiger partial charge is 0.141 e. The SMILES string of the molecule is COc1ccc(C2(O)c3ccccc3C(c3ccc(OC)cc3)(c3ccc(OC)cc3)c3cc(OC)ccc32)cc1. The third-order valence-electron chi connectivity index (χ3n) is 8.30. The fourth-order valence-electron chi connectivity index (χ4n) is 6.31. The van der Waals surface area contributed by atoms with Crippen molar-refractivity contribution >= 4 is 0 Å². The van der Waals surface area contributed by atoms with E-state index >= 15 is 0 Å². The van der Waals surface area contributed by atoms with E-state index in [0.29, 0.717) is 5.75 Å². The molecule has 1 aliphatic carbocycles. The third kappa shape index (κ3) is 3.96. The number of benzene rings is 5. The zero-order valence-electron chi connectivity index (χ0n) is 23.5. The Morgan fingerprint density at radius 3 is 1.27 bits per heavy atom. The molecule has 6 rings (SSSR count). The summed E-state index contributed by atoms with van der Waals surface area (Å²) in [5, 5.41) is 12.9. The first kappa shape index (κ1) is 26.5. The van der Waals surface area contributed by atoms with Crippen LogP contribution in [0.2, 0.25) is 0 Å². The molecule has 206 valence electrons. The minimum atomic E-state index is -1.44. The molecule has 41 heavy (non-hydrogen) atoms. The summed E-state index contributed by atoms with van der Waals surface area (Å²) < 4.78 is 22.2. The molecule has 1 N–H and O–H groups in total. The van der Waals surface area contributed by atoms with Crippen molar-refractivity contribution in [2.75, 3.05) is 28.4 Å². The van der Waals surface area contributed by atoms with Gasteiger partial charge in [-0.05, 0) is 87.5 Å². The van der Waals surface area contributed by atoms with E-state index in [1.165, 1.54) is 0 Å². The van der Waals surface area contributed by atoms with E-state index < -0.39 is 11.0 Å². The predicted octanol–water partition coefficient (Wildman–Crippen LogP) is 6.70. The second-order valence-electron chi connectivity index (χ2n) is 10.1. The zero-order chi connectivity index (χ0) is 28.6. The van der Waals surface area contributed by atoms with Crippen LogP contribution < -0.4 is 18.9 Å². The number of rotatable bonds is 7. The maximum atomic E-state index is 12.9. The van der Waals surface area contributed by atoms with E-state index in [4.69, 9.17) is 18.9 Å². The number of hydrogen-bond acceptors (Lipinski definition) is 5. The van der Waals surface area contributed by atoms with E-state index in [2.05, 4.69) is 30.3 Å². The van der Waals surface area contributed by atoms with Crippen LogP contribution in [-0.2, 0) is 11.0 Å². The van der Waals surface area contributed by atoms with Gasteiger partial charge in [-0.1, -0.05) is 66.7 Å². The third-order valence-corrected chi connectivity index (χ3v) is 8.30. The molecule has 5 aromatic rings. The molecule has 1 atom stereocenters. The van der Waals surface area contributed by atoms with Crippen molar-refractivity contribution in [3.05, 3.63) is 154 Å². The van der Waals surface area contributed by atoms with Gasteiger partial charge in [0.1, 0.15) is 28.6 Å². The highest BCUT2D eigenvalue weighted by molar-refractivity contribution is 5.72. The van der Waals surface area contributed by atoms with E-state index in [1.807, 2.05) is 84.9 Å². The molecule has 0 bridgehead atoms. The van der Waals surface area contributed by atoms with Gasteiger partial charge in [0.2, 0.25) is 0 Å². The van der Waals surface area contributed by atoms with Crippen LogP contribution in [0.25, 0.3) is 0 Å². The molecule has 0 saturated carbocycles. The monoisotopic (exact) mass is 544 g/mol. The highest BCUT2D eigenvalue weighted by Gasteiger charge is 2.52. The summed E-state index contributed by atoms with van der Waals surface area (Å²) in [6.07, 6.45) is 0. The Kier molecular flexibility index (Phi) is 6.68. The van der Waals surface area contributed by atoms with Crippen LogP contribution >= 0.6 is 0 Å². The van der Waals surface area contributed by atoms with Gasteiger partial charge in [0, 0.05) is 0 Å². The zero-order valence-corrected chi connectivity index (χ0v) is 23.5. The lowest BCUT2D eigenvalue weighted by atomic mass is 9.55. The predicted molar refractivity (Wildman–Crippen MR) is 160 cm³/mol. The Bertz CT molecular complexity index is 1630.